The second kappa shape index (κ2) is 8.32. The summed E-state index contributed by atoms with van der Waals surface area (Å²) in [7, 11) is 0. The van der Waals surface area contributed by atoms with E-state index in [1.54, 1.807) is 6.21 Å². The van der Waals surface area contributed by atoms with Crippen LogP contribution in [0.25, 0.3) is 0 Å². The number of unbranched alkanes of at least 4 members (excludes halogenated alkanes) is 1. The molecule has 2 aromatic carbocycles. The van der Waals surface area contributed by atoms with Crippen molar-refractivity contribution in [1.82, 2.24) is 0 Å². The second-order valence-electron chi connectivity index (χ2n) is 4.62. The fourth-order valence-corrected chi connectivity index (χ4v) is 1.97. The van der Waals surface area contributed by atoms with E-state index in [0.717, 1.165) is 36.4 Å². The standard InChI is InChI=1S/C17H19ClN2O/c1-2-3-11-21-17-10-5-4-7-14(17)13-19-20-16-9-6-8-15(18)12-16/h4-10,12-13,20H,2-3,11H2,1H3. The molecule has 4 heteroatoms. The van der Waals surface area contributed by atoms with Crippen molar-refractivity contribution in [1.29, 1.82) is 0 Å². The Hall–Kier alpha value is -2.00. The van der Waals surface area contributed by atoms with Gasteiger partial charge < -0.3 is 4.74 Å². The number of nitrogens with one attached hydrogen (secondary N) is 1. The lowest BCUT2D eigenvalue weighted by Crippen LogP contribution is -2.00. The first-order chi connectivity index (χ1) is 10.3. The molecule has 0 atom stereocenters. The first-order valence-corrected chi connectivity index (χ1v) is 7.44. The maximum absolute atomic E-state index is 5.93. The van der Waals surface area contributed by atoms with Crippen LogP contribution in [0, 0.1) is 0 Å². The lowest BCUT2D eigenvalue weighted by molar-refractivity contribution is 0.309. The molecule has 0 heterocycles. The number of hydrazone groups is 1. The minimum Gasteiger partial charge on any atom is -0.493 e. The molecule has 0 bridgehead atoms. The topological polar surface area (TPSA) is 33.6 Å². The quantitative estimate of drug-likeness (QED) is 0.445. The van der Waals surface area contributed by atoms with Gasteiger partial charge >= 0.3 is 0 Å². The molecule has 0 fully saturated rings. The number of hydrogen-bond donors (Lipinski definition) is 1. The molecule has 0 aromatic heterocycles. The Morgan fingerprint density at radius 2 is 2.05 bits per heavy atom. The SMILES string of the molecule is CCCCOc1ccccc1C=NNc1cccc(Cl)c1. The molecule has 0 amide bonds. The summed E-state index contributed by atoms with van der Waals surface area (Å²) in [6.45, 7) is 2.87. The molecular weight excluding hydrogens is 284 g/mol. The summed E-state index contributed by atoms with van der Waals surface area (Å²) in [5.41, 5.74) is 4.76. The Bertz CT molecular complexity index is 599. The molecule has 1 N–H and O–H groups in total. The molecule has 2 aromatic rings. The minimum atomic E-state index is 0.679. The number of ether oxygens (including phenoxy) is 1. The minimum absolute atomic E-state index is 0.679. The van der Waals surface area contributed by atoms with Gasteiger partial charge in [-0.3, -0.25) is 5.43 Å². The Kier molecular flexibility index (Phi) is 6.10. The number of benzene rings is 2. The highest BCUT2D eigenvalue weighted by Crippen LogP contribution is 2.17. The summed E-state index contributed by atoms with van der Waals surface area (Å²) in [6, 6.07) is 15.3. The van der Waals surface area contributed by atoms with Crippen LogP contribution < -0.4 is 10.2 Å². The molecule has 0 aliphatic heterocycles. The lowest BCUT2D eigenvalue weighted by atomic mass is 10.2. The van der Waals surface area contributed by atoms with Gasteiger partial charge in [-0.25, -0.2) is 0 Å². The zero-order chi connectivity index (χ0) is 14.9. The predicted octanol–water partition coefficient (Wildman–Crippen LogP) is 4.96. The van der Waals surface area contributed by atoms with E-state index in [0.29, 0.717) is 5.02 Å². The number of rotatable bonds is 7. The highest BCUT2D eigenvalue weighted by Gasteiger charge is 2.00. The number of nitrogens with zero attached hydrogens (tertiary/aromatic N) is 1. The highest BCUT2D eigenvalue weighted by atomic mass is 35.5. The first kappa shape index (κ1) is 15.4. The fraction of sp³-hybridized carbons (Fsp3) is 0.235. The van der Waals surface area contributed by atoms with Gasteiger partial charge in [0, 0.05) is 10.6 Å². The van der Waals surface area contributed by atoms with Gasteiger partial charge in [0.25, 0.3) is 0 Å². The van der Waals surface area contributed by atoms with E-state index in [1.165, 1.54) is 0 Å². The van der Waals surface area contributed by atoms with Gasteiger partial charge in [-0.15, -0.1) is 0 Å². The first-order valence-electron chi connectivity index (χ1n) is 7.06. The van der Waals surface area contributed by atoms with E-state index in [-0.39, 0.29) is 0 Å². The van der Waals surface area contributed by atoms with E-state index in [4.69, 9.17) is 16.3 Å². The molecule has 0 spiro atoms. The van der Waals surface area contributed by atoms with E-state index in [2.05, 4.69) is 17.5 Å². The average Bonchev–Trinajstić information content (AvgIpc) is 2.49. The number of halogens is 1. The molecule has 2 rings (SSSR count). The predicted molar refractivity (Wildman–Crippen MR) is 89.5 cm³/mol. The van der Waals surface area contributed by atoms with Crippen LogP contribution in [0.1, 0.15) is 25.3 Å². The summed E-state index contributed by atoms with van der Waals surface area (Å²) in [5.74, 6) is 0.850. The average molecular weight is 303 g/mol. The fourth-order valence-electron chi connectivity index (χ4n) is 1.78. The summed E-state index contributed by atoms with van der Waals surface area (Å²) in [4.78, 5) is 0. The van der Waals surface area contributed by atoms with Crippen LogP contribution in [-0.2, 0) is 0 Å². The van der Waals surface area contributed by atoms with Crippen LogP contribution >= 0.6 is 11.6 Å². The van der Waals surface area contributed by atoms with Crippen LogP contribution in [-0.4, -0.2) is 12.8 Å². The molecule has 3 nitrogen and oxygen atoms in total. The third-order valence-corrected chi connectivity index (χ3v) is 3.13. The Morgan fingerprint density at radius 3 is 2.86 bits per heavy atom. The van der Waals surface area contributed by atoms with Crippen molar-refractivity contribution in [3.05, 3.63) is 59.1 Å². The van der Waals surface area contributed by atoms with Gasteiger partial charge in [0.1, 0.15) is 5.75 Å². The molecule has 0 radical (unpaired) electrons. The molecule has 0 unspecified atom stereocenters. The second-order valence-corrected chi connectivity index (χ2v) is 5.06. The summed E-state index contributed by atoms with van der Waals surface area (Å²) >= 11 is 5.93. The maximum atomic E-state index is 5.93. The lowest BCUT2D eigenvalue weighted by Gasteiger charge is -2.08. The molecular formula is C17H19ClN2O. The van der Waals surface area contributed by atoms with E-state index < -0.39 is 0 Å². The van der Waals surface area contributed by atoms with Crippen molar-refractivity contribution in [3.63, 3.8) is 0 Å². The normalized spacial score (nSPS) is 10.8. The van der Waals surface area contributed by atoms with Gasteiger partial charge in [-0.1, -0.05) is 43.1 Å². The van der Waals surface area contributed by atoms with Crippen LogP contribution in [0.3, 0.4) is 0 Å². The van der Waals surface area contributed by atoms with Crippen molar-refractivity contribution in [2.45, 2.75) is 19.8 Å². The molecule has 0 aliphatic carbocycles. The van der Waals surface area contributed by atoms with Crippen molar-refractivity contribution < 1.29 is 4.74 Å². The summed E-state index contributed by atoms with van der Waals surface area (Å²) in [5, 5.41) is 4.91. The third-order valence-electron chi connectivity index (χ3n) is 2.90. The van der Waals surface area contributed by atoms with Crippen molar-refractivity contribution in [3.8, 4) is 5.75 Å². The molecule has 110 valence electrons. The van der Waals surface area contributed by atoms with Crippen LogP contribution in [0.4, 0.5) is 5.69 Å². The van der Waals surface area contributed by atoms with Crippen molar-refractivity contribution >= 4 is 23.5 Å². The van der Waals surface area contributed by atoms with E-state index in [9.17, 15) is 0 Å². The van der Waals surface area contributed by atoms with Gasteiger partial charge in [0.15, 0.2) is 0 Å². The Morgan fingerprint density at radius 1 is 1.19 bits per heavy atom. The van der Waals surface area contributed by atoms with E-state index >= 15 is 0 Å². The van der Waals surface area contributed by atoms with Crippen LogP contribution in [0.15, 0.2) is 53.6 Å². The molecule has 0 saturated heterocycles. The number of para-hydroxylation sites is 1. The van der Waals surface area contributed by atoms with Crippen molar-refractivity contribution in [2.75, 3.05) is 12.0 Å². The van der Waals surface area contributed by atoms with Crippen LogP contribution in [0.5, 0.6) is 5.75 Å². The Labute approximate surface area is 130 Å². The molecule has 21 heavy (non-hydrogen) atoms. The summed E-state index contributed by atoms with van der Waals surface area (Å²) in [6.07, 6.45) is 3.92. The highest BCUT2D eigenvalue weighted by molar-refractivity contribution is 6.30. The molecule has 0 saturated carbocycles. The van der Waals surface area contributed by atoms with Gasteiger partial charge in [0.05, 0.1) is 18.5 Å². The maximum Gasteiger partial charge on any atom is 0.128 e. The third kappa shape index (κ3) is 5.12. The monoisotopic (exact) mass is 302 g/mol. The van der Waals surface area contributed by atoms with Gasteiger partial charge in [-0.2, -0.15) is 5.10 Å². The smallest absolute Gasteiger partial charge is 0.128 e. The number of hydrogen-bond acceptors (Lipinski definition) is 3. The van der Waals surface area contributed by atoms with Gasteiger partial charge in [-0.05, 0) is 36.8 Å². The largest absolute Gasteiger partial charge is 0.493 e. The summed E-state index contributed by atoms with van der Waals surface area (Å²) < 4.78 is 5.76. The zero-order valence-corrected chi connectivity index (χ0v) is 12.8. The van der Waals surface area contributed by atoms with Gasteiger partial charge in [0.2, 0.25) is 0 Å². The van der Waals surface area contributed by atoms with E-state index in [1.807, 2.05) is 48.5 Å². The van der Waals surface area contributed by atoms with Crippen molar-refractivity contribution in [2.24, 2.45) is 5.10 Å². The number of anilines is 1. The zero-order valence-electron chi connectivity index (χ0n) is 12.1. The van der Waals surface area contributed by atoms with Crippen LogP contribution in [0.2, 0.25) is 5.02 Å². The molecule has 0 aliphatic rings. The Balaban J connectivity index is 2.00.